The highest BCUT2D eigenvalue weighted by Crippen LogP contribution is 2.25. The number of nitriles is 1. The highest BCUT2D eigenvalue weighted by atomic mass is 32.2. The topological polar surface area (TPSA) is 103 Å². The van der Waals surface area contributed by atoms with E-state index in [1.54, 1.807) is 10.9 Å². The Morgan fingerprint density at radius 3 is 2.50 bits per heavy atom. The first kappa shape index (κ1) is 16.1. The molecule has 0 radical (unpaired) electrons. The van der Waals surface area contributed by atoms with E-state index in [2.05, 4.69) is 10.2 Å². The van der Waals surface area contributed by atoms with Crippen molar-refractivity contribution in [2.24, 2.45) is 0 Å². The summed E-state index contributed by atoms with van der Waals surface area (Å²) >= 11 is 1.27. The molecule has 0 bridgehead atoms. The summed E-state index contributed by atoms with van der Waals surface area (Å²) < 4.78 is 2.85. The molecule has 2 aromatic rings. The van der Waals surface area contributed by atoms with Gasteiger partial charge in [0.15, 0.2) is 0 Å². The second-order valence-electron chi connectivity index (χ2n) is 5.82. The molecule has 0 aliphatic rings. The Balaban J connectivity index is 2.53. The van der Waals surface area contributed by atoms with Crippen LogP contribution in [0.1, 0.15) is 42.4 Å². The molecule has 0 fully saturated rings. The highest BCUT2D eigenvalue weighted by molar-refractivity contribution is 7.98. The minimum atomic E-state index is -0.387. The summed E-state index contributed by atoms with van der Waals surface area (Å²) in [6.45, 7) is 7.83. The average Bonchev–Trinajstić information content (AvgIpc) is 2.97. The summed E-state index contributed by atoms with van der Waals surface area (Å²) in [6.07, 6.45) is 3.29. The molecule has 0 saturated heterocycles. The number of thioether (sulfide) groups is 1. The molecular weight excluding hydrogens is 300 g/mol. The van der Waals surface area contributed by atoms with Gasteiger partial charge in [-0.1, -0.05) is 0 Å². The zero-order chi connectivity index (χ0) is 16.7. The maximum absolute atomic E-state index is 12.7. The highest BCUT2D eigenvalue weighted by Gasteiger charge is 2.26. The van der Waals surface area contributed by atoms with E-state index in [9.17, 15) is 4.79 Å². The summed E-state index contributed by atoms with van der Waals surface area (Å²) in [5, 5.41) is 18.0. The second-order valence-corrected chi connectivity index (χ2v) is 6.62. The molecule has 2 heterocycles. The third kappa shape index (κ3) is 2.48. The molecule has 0 amide bonds. The maximum Gasteiger partial charge on any atom is 0.283 e. The third-order valence-corrected chi connectivity index (χ3v) is 3.93. The lowest BCUT2D eigenvalue weighted by Crippen LogP contribution is -2.25. The first-order chi connectivity index (χ1) is 10.2. The van der Waals surface area contributed by atoms with Gasteiger partial charge in [-0.2, -0.15) is 20.1 Å². The van der Waals surface area contributed by atoms with Crippen LogP contribution in [-0.2, 0) is 5.54 Å². The molecule has 0 unspecified atom stereocenters. The van der Waals surface area contributed by atoms with Crippen LogP contribution >= 0.6 is 11.8 Å². The van der Waals surface area contributed by atoms with Crippen molar-refractivity contribution in [1.29, 1.82) is 5.26 Å². The molecule has 7 nitrogen and oxygen atoms in total. The summed E-state index contributed by atoms with van der Waals surface area (Å²) in [5.41, 5.74) is 7.03. The Morgan fingerprint density at radius 2 is 2.09 bits per heavy atom. The Bertz CT molecular complexity index is 775. The summed E-state index contributed by atoms with van der Waals surface area (Å²) in [7, 11) is 0. The standard InChI is InChI=1S/C14H18N6OS/c1-8-10(7-17-20(8)14(2,3)4)13(21)19-11(16)9(6-15)12(18-19)22-5/h7H,16H2,1-5H3. The van der Waals surface area contributed by atoms with Gasteiger partial charge in [0, 0.05) is 5.69 Å². The fourth-order valence-electron chi connectivity index (χ4n) is 2.22. The van der Waals surface area contributed by atoms with Gasteiger partial charge >= 0.3 is 0 Å². The largest absolute Gasteiger partial charge is 0.382 e. The smallest absolute Gasteiger partial charge is 0.283 e. The number of nitrogens with two attached hydrogens (primary N) is 1. The Labute approximate surface area is 133 Å². The number of rotatable bonds is 2. The summed E-state index contributed by atoms with van der Waals surface area (Å²) in [5.74, 6) is -0.331. The van der Waals surface area contributed by atoms with Crippen molar-refractivity contribution in [2.75, 3.05) is 12.0 Å². The SMILES string of the molecule is CSc1nn(C(=O)c2cnn(C(C)(C)C)c2C)c(N)c1C#N. The monoisotopic (exact) mass is 318 g/mol. The van der Waals surface area contributed by atoms with Crippen molar-refractivity contribution < 1.29 is 4.79 Å². The van der Waals surface area contributed by atoms with Crippen LogP contribution in [0.5, 0.6) is 0 Å². The maximum atomic E-state index is 12.7. The zero-order valence-electron chi connectivity index (χ0n) is 13.2. The molecule has 2 rings (SSSR count). The number of aromatic nitrogens is 4. The van der Waals surface area contributed by atoms with Crippen molar-refractivity contribution in [3.05, 3.63) is 23.0 Å². The summed E-state index contributed by atoms with van der Waals surface area (Å²) in [4.78, 5) is 12.7. The number of hydrogen-bond acceptors (Lipinski definition) is 6. The van der Waals surface area contributed by atoms with E-state index in [1.807, 2.05) is 33.8 Å². The van der Waals surface area contributed by atoms with Crippen molar-refractivity contribution in [3.63, 3.8) is 0 Å². The molecule has 2 aromatic heterocycles. The van der Waals surface area contributed by atoms with Gasteiger partial charge in [0.25, 0.3) is 5.91 Å². The van der Waals surface area contributed by atoms with Gasteiger partial charge in [-0.25, -0.2) is 0 Å². The van der Waals surface area contributed by atoms with Crippen molar-refractivity contribution in [3.8, 4) is 6.07 Å². The predicted molar refractivity (Wildman–Crippen MR) is 84.8 cm³/mol. The number of hydrogen-bond donors (Lipinski definition) is 1. The fraction of sp³-hybridized carbons (Fsp3) is 0.429. The first-order valence-corrected chi connectivity index (χ1v) is 7.87. The molecular formula is C14H18N6OS. The number of anilines is 1. The normalized spacial score (nSPS) is 11.5. The van der Waals surface area contributed by atoms with Crippen molar-refractivity contribution >= 4 is 23.5 Å². The number of carbonyl (C=O) groups excluding carboxylic acids is 1. The fourth-order valence-corrected chi connectivity index (χ4v) is 2.74. The van der Waals surface area contributed by atoms with Crippen LogP contribution in [0.15, 0.2) is 11.2 Å². The van der Waals surface area contributed by atoms with Gasteiger partial charge < -0.3 is 5.73 Å². The van der Waals surface area contributed by atoms with E-state index in [0.29, 0.717) is 10.6 Å². The lowest BCUT2D eigenvalue weighted by atomic mass is 10.1. The molecule has 0 aromatic carbocycles. The minimum absolute atomic E-state index is 0.0553. The van der Waals surface area contributed by atoms with Gasteiger partial charge in [0.2, 0.25) is 0 Å². The molecule has 0 saturated carbocycles. The van der Waals surface area contributed by atoms with Crippen LogP contribution in [0.25, 0.3) is 0 Å². The predicted octanol–water partition coefficient (Wildman–Crippen LogP) is 2.01. The van der Waals surface area contributed by atoms with E-state index in [1.165, 1.54) is 18.0 Å². The van der Waals surface area contributed by atoms with E-state index in [-0.39, 0.29) is 22.8 Å². The van der Waals surface area contributed by atoms with E-state index < -0.39 is 0 Å². The van der Waals surface area contributed by atoms with Gasteiger partial charge in [-0.05, 0) is 34.0 Å². The average molecular weight is 318 g/mol. The second kappa shape index (κ2) is 5.50. The van der Waals surface area contributed by atoms with E-state index >= 15 is 0 Å². The Morgan fingerprint density at radius 1 is 1.45 bits per heavy atom. The number of nitrogens with zero attached hydrogens (tertiary/aromatic N) is 5. The van der Waals surface area contributed by atoms with Gasteiger partial charge in [0.05, 0.1) is 17.3 Å². The lowest BCUT2D eigenvalue weighted by molar-refractivity contribution is 0.0945. The van der Waals surface area contributed by atoms with Gasteiger partial charge in [0.1, 0.15) is 22.5 Å². The minimum Gasteiger partial charge on any atom is -0.382 e. The molecule has 22 heavy (non-hydrogen) atoms. The number of nitrogen functional groups attached to an aromatic ring is 1. The molecule has 8 heteroatoms. The Kier molecular flexibility index (Phi) is 4.02. The van der Waals surface area contributed by atoms with Crippen LogP contribution in [-0.4, -0.2) is 31.7 Å². The van der Waals surface area contributed by atoms with Crippen LogP contribution in [0, 0.1) is 18.3 Å². The zero-order valence-corrected chi connectivity index (χ0v) is 14.0. The Hall–Kier alpha value is -2.27. The molecule has 2 N–H and O–H groups in total. The quantitative estimate of drug-likeness (QED) is 0.850. The first-order valence-electron chi connectivity index (χ1n) is 6.64. The van der Waals surface area contributed by atoms with Crippen molar-refractivity contribution in [1.82, 2.24) is 19.6 Å². The third-order valence-electron chi connectivity index (χ3n) is 3.26. The van der Waals surface area contributed by atoms with Gasteiger partial charge in [-0.3, -0.25) is 9.48 Å². The molecule has 116 valence electrons. The van der Waals surface area contributed by atoms with Crippen LogP contribution < -0.4 is 5.73 Å². The summed E-state index contributed by atoms with van der Waals surface area (Å²) in [6, 6.07) is 1.98. The van der Waals surface area contributed by atoms with E-state index in [0.717, 1.165) is 10.4 Å². The number of carbonyl (C=O) groups is 1. The van der Waals surface area contributed by atoms with Gasteiger partial charge in [-0.15, -0.1) is 11.8 Å². The molecule has 0 atom stereocenters. The molecule has 0 aliphatic carbocycles. The van der Waals surface area contributed by atoms with Crippen LogP contribution in [0.4, 0.5) is 5.82 Å². The lowest BCUT2D eigenvalue weighted by Gasteiger charge is -2.21. The van der Waals surface area contributed by atoms with Crippen LogP contribution in [0.2, 0.25) is 0 Å². The van der Waals surface area contributed by atoms with E-state index in [4.69, 9.17) is 11.0 Å². The van der Waals surface area contributed by atoms with Crippen LogP contribution in [0.3, 0.4) is 0 Å². The van der Waals surface area contributed by atoms with Crippen molar-refractivity contribution in [2.45, 2.75) is 38.3 Å². The molecule has 0 spiro atoms. The molecule has 0 aliphatic heterocycles.